The van der Waals surface area contributed by atoms with E-state index < -0.39 is 15.8 Å². The van der Waals surface area contributed by atoms with Crippen LogP contribution in [0.5, 0.6) is 0 Å². The van der Waals surface area contributed by atoms with E-state index in [-0.39, 0.29) is 10.6 Å². The van der Waals surface area contributed by atoms with Gasteiger partial charge in [0.05, 0.1) is 16.3 Å². The molecule has 1 aromatic heterocycles. The largest absolute Gasteiger partial charge is 0.476 e. The number of benzene rings is 1. The number of hydrogen-bond acceptors (Lipinski definition) is 5. The lowest BCUT2D eigenvalue weighted by Crippen LogP contribution is -2.28. The predicted octanol–water partition coefficient (Wildman–Crippen LogP) is 0.962. The molecule has 122 valence electrons. The number of carboxylic acid groups (broad SMARTS) is 1. The standard InChI is InChI=1S/C15H17N3O4S/c1-17-7-6-13-12(9-17)14(15(19)20)16-18(13)10-4-3-5-11(8-10)23(2,21)22/h3-5,8H,6-7,9H2,1-2H3,(H,19,20). The summed E-state index contributed by atoms with van der Waals surface area (Å²) < 4.78 is 25.0. The molecule has 0 fully saturated rings. The van der Waals surface area contributed by atoms with Gasteiger partial charge in [-0.3, -0.25) is 0 Å². The Balaban J connectivity index is 2.18. The molecule has 2 heterocycles. The Labute approximate surface area is 134 Å². The van der Waals surface area contributed by atoms with Gasteiger partial charge in [-0.25, -0.2) is 17.9 Å². The summed E-state index contributed by atoms with van der Waals surface area (Å²) in [7, 11) is -1.41. The maximum Gasteiger partial charge on any atom is 0.356 e. The first-order valence-corrected chi connectivity index (χ1v) is 8.99. The lowest BCUT2D eigenvalue weighted by Gasteiger charge is -2.23. The third kappa shape index (κ3) is 2.87. The van der Waals surface area contributed by atoms with Crippen LogP contribution in [0.25, 0.3) is 5.69 Å². The molecule has 0 aliphatic carbocycles. The summed E-state index contributed by atoms with van der Waals surface area (Å²) in [4.78, 5) is 13.7. The van der Waals surface area contributed by atoms with Gasteiger partial charge < -0.3 is 10.0 Å². The highest BCUT2D eigenvalue weighted by Gasteiger charge is 2.27. The first-order chi connectivity index (χ1) is 10.8. The number of nitrogens with zero attached hydrogens (tertiary/aromatic N) is 3. The minimum Gasteiger partial charge on any atom is -0.476 e. The van der Waals surface area contributed by atoms with Crippen molar-refractivity contribution in [1.82, 2.24) is 14.7 Å². The molecule has 1 aliphatic heterocycles. The molecule has 0 spiro atoms. The van der Waals surface area contributed by atoms with Crippen molar-refractivity contribution < 1.29 is 18.3 Å². The summed E-state index contributed by atoms with van der Waals surface area (Å²) in [5.41, 5.74) is 2.10. The van der Waals surface area contributed by atoms with Gasteiger partial charge in [0.2, 0.25) is 0 Å². The van der Waals surface area contributed by atoms with Gasteiger partial charge in [-0.05, 0) is 25.2 Å². The van der Waals surface area contributed by atoms with Crippen LogP contribution < -0.4 is 0 Å². The fourth-order valence-electron chi connectivity index (χ4n) is 2.79. The van der Waals surface area contributed by atoms with Gasteiger partial charge in [0.25, 0.3) is 0 Å². The molecule has 0 saturated heterocycles. The summed E-state index contributed by atoms with van der Waals surface area (Å²) in [6.07, 6.45) is 1.80. The molecule has 1 N–H and O–H groups in total. The van der Waals surface area contributed by atoms with Gasteiger partial charge in [-0.2, -0.15) is 5.10 Å². The van der Waals surface area contributed by atoms with Crippen molar-refractivity contribution in [3.8, 4) is 5.69 Å². The van der Waals surface area contributed by atoms with Gasteiger partial charge in [-0.15, -0.1) is 0 Å². The number of aromatic carboxylic acids is 1. The maximum absolute atomic E-state index is 11.7. The van der Waals surface area contributed by atoms with Gasteiger partial charge in [-0.1, -0.05) is 6.07 Å². The van der Waals surface area contributed by atoms with E-state index in [0.717, 1.165) is 18.5 Å². The number of carboxylic acids is 1. The Morgan fingerprint density at radius 3 is 2.74 bits per heavy atom. The molecule has 2 aromatic rings. The van der Waals surface area contributed by atoms with E-state index in [4.69, 9.17) is 0 Å². The number of fused-ring (bicyclic) bond motifs is 1. The topological polar surface area (TPSA) is 92.5 Å². The van der Waals surface area contributed by atoms with Gasteiger partial charge in [0, 0.05) is 31.3 Å². The molecule has 7 nitrogen and oxygen atoms in total. The number of aromatic nitrogens is 2. The number of rotatable bonds is 3. The van der Waals surface area contributed by atoms with Crippen LogP contribution in [-0.2, 0) is 22.8 Å². The molecule has 0 unspecified atom stereocenters. The smallest absolute Gasteiger partial charge is 0.356 e. The van der Waals surface area contributed by atoms with Gasteiger partial charge >= 0.3 is 5.97 Å². The van der Waals surface area contributed by atoms with Crippen molar-refractivity contribution in [2.24, 2.45) is 0 Å². The van der Waals surface area contributed by atoms with E-state index in [1.165, 1.54) is 12.1 Å². The average Bonchev–Trinajstić information content (AvgIpc) is 2.85. The van der Waals surface area contributed by atoms with Gasteiger partial charge in [0.1, 0.15) is 0 Å². The van der Waals surface area contributed by atoms with E-state index >= 15 is 0 Å². The molecular weight excluding hydrogens is 318 g/mol. The van der Waals surface area contributed by atoms with Crippen molar-refractivity contribution in [2.75, 3.05) is 19.8 Å². The quantitative estimate of drug-likeness (QED) is 0.898. The van der Waals surface area contributed by atoms with Crippen LogP contribution in [0.2, 0.25) is 0 Å². The van der Waals surface area contributed by atoms with Crippen LogP contribution in [0, 0.1) is 0 Å². The minimum atomic E-state index is -3.34. The first kappa shape index (κ1) is 15.7. The minimum absolute atomic E-state index is 0.0244. The third-order valence-corrected chi connectivity index (χ3v) is 5.05. The normalized spacial score (nSPS) is 15.4. The Kier molecular flexibility index (Phi) is 3.73. The molecule has 8 heteroatoms. The molecule has 3 rings (SSSR count). The average molecular weight is 335 g/mol. The summed E-state index contributed by atoms with van der Waals surface area (Å²) in [6.45, 7) is 1.31. The molecule has 1 aliphatic rings. The van der Waals surface area contributed by atoms with Crippen LogP contribution in [-0.4, -0.2) is 54.0 Å². The Bertz CT molecular complexity index is 886. The zero-order valence-corrected chi connectivity index (χ0v) is 13.7. The summed E-state index contributed by atoms with van der Waals surface area (Å²) in [6, 6.07) is 6.40. The van der Waals surface area contributed by atoms with E-state index in [1.807, 2.05) is 11.9 Å². The van der Waals surface area contributed by atoms with Crippen LogP contribution in [0.1, 0.15) is 21.7 Å². The molecule has 0 amide bonds. The molecule has 0 bridgehead atoms. The molecule has 23 heavy (non-hydrogen) atoms. The summed E-state index contributed by atoms with van der Waals surface area (Å²) >= 11 is 0. The molecular formula is C15H17N3O4S. The Hall–Kier alpha value is -2.19. The number of hydrogen-bond donors (Lipinski definition) is 1. The molecule has 0 atom stereocenters. The second-order valence-electron chi connectivity index (χ2n) is 5.75. The van der Waals surface area contributed by atoms with Crippen LogP contribution in [0.4, 0.5) is 0 Å². The fourth-order valence-corrected chi connectivity index (χ4v) is 3.45. The van der Waals surface area contributed by atoms with Crippen LogP contribution in [0.3, 0.4) is 0 Å². The van der Waals surface area contributed by atoms with Gasteiger partial charge in [0.15, 0.2) is 15.5 Å². The molecule has 0 radical (unpaired) electrons. The highest BCUT2D eigenvalue weighted by molar-refractivity contribution is 7.90. The van der Waals surface area contributed by atoms with Crippen LogP contribution >= 0.6 is 0 Å². The zero-order valence-electron chi connectivity index (χ0n) is 12.9. The lowest BCUT2D eigenvalue weighted by atomic mass is 10.1. The number of likely N-dealkylation sites (N-methyl/N-ethyl adjacent to an activating group) is 1. The highest BCUT2D eigenvalue weighted by Crippen LogP contribution is 2.25. The zero-order chi connectivity index (χ0) is 16.8. The van der Waals surface area contributed by atoms with Crippen molar-refractivity contribution >= 4 is 15.8 Å². The first-order valence-electron chi connectivity index (χ1n) is 7.10. The Morgan fingerprint density at radius 1 is 1.35 bits per heavy atom. The van der Waals surface area contributed by atoms with Crippen molar-refractivity contribution in [1.29, 1.82) is 0 Å². The predicted molar refractivity (Wildman–Crippen MR) is 83.7 cm³/mol. The number of sulfone groups is 1. The highest BCUT2D eigenvalue weighted by atomic mass is 32.2. The summed E-state index contributed by atoms with van der Waals surface area (Å²) in [5.74, 6) is -1.07. The van der Waals surface area contributed by atoms with Crippen molar-refractivity contribution in [3.63, 3.8) is 0 Å². The lowest BCUT2D eigenvalue weighted by molar-refractivity contribution is 0.0687. The van der Waals surface area contributed by atoms with E-state index in [0.29, 0.717) is 24.2 Å². The SMILES string of the molecule is CN1CCc2c(c(C(=O)O)nn2-c2cccc(S(C)(=O)=O)c2)C1. The van der Waals surface area contributed by atoms with Crippen molar-refractivity contribution in [2.45, 2.75) is 17.9 Å². The third-order valence-electron chi connectivity index (χ3n) is 3.94. The van der Waals surface area contributed by atoms with E-state index in [9.17, 15) is 18.3 Å². The second-order valence-corrected chi connectivity index (χ2v) is 7.76. The monoisotopic (exact) mass is 335 g/mol. The Morgan fingerprint density at radius 2 is 2.09 bits per heavy atom. The second kappa shape index (κ2) is 5.47. The fraction of sp³-hybridized carbons (Fsp3) is 0.333. The molecule has 0 saturated carbocycles. The van der Waals surface area contributed by atoms with E-state index in [1.54, 1.807) is 16.8 Å². The van der Waals surface area contributed by atoms with E-state index in [2.05, 4.69) is 5.10 Å². The van der Waals surface area contributed by atoms with Crippen molar-refractivity contribution in [3.05, 3.63) is 41.2 Å². The molecule has 1 aromatic carbocycles. The number of carbonyl (C=O) groups is 1. The summed E-state index contributed by atoms with van der Waals surface area (Å²) in [5, 5.41) is 13.6. The maximum atomic E-state index is 11.7. The van der Waals surface area contributed by atoms with Crippen LogP contribution in [0.15, 0.2) is 29.2 Å².